The molecule has 5 nitrogen and oxygen atoms in total. The first-order chi connectivity index (χ1) is 9.47. The third kappa shape index (κ3) is 2.47. The second-order valence-corrected chi connectivity index (χ2v) is 5.30. The zero-order valence-electron chi connectivity index (χ0n) is 12.0. The van der Waals surface area contributed by atoms with Crippen molar-refractivity contribution in [2.75, 3.05) is 27.2 Å². The highest BCUT2D eigenvalue weighted by Gasteiger charge is 2.35. The molecule has 20 heavy (non-hydrogen) atoms. The van der Waals surface area contributed by atoms with Crippen LogP contribution in [0, 0.1) is 0 Å². The van der Waals surface area contributed by atoms with Crippen molar-refractivity contribution in [3.8, 4) is 0 Å². The van der Waals surface area contributed by atoms with Crippen LogP contribution in [0.2, 0.25) is 0 Å². The number of likely N-dealkylation sites (tertiary alicyclic amines) is 1. The molecule has 2 amide bonds. The van der Waals surface area contributed by atoms with Crippen LogP contribution in [0.3, 0.4) is 0 Å². The van der Waals surface area contributed by atoms with E-state index in [0.29, 0.717) is 0 Å². The predicted octanol–water partition coefficient (Wildman–Crippen LogP) is 1.13. The van der Waals surface area contributed by atoms with Crippen LogP contribution < -0.4 is 0 Å². The van der Waals surface area contributed by atoms with Crippen molar-refractivity contribution < 1.29 is 9.59 Å². The average Bonchev–Trinajstić information content (AvgIpc) is 2.90. The Hall–Kier alpha value is -1.69. The Bertz CT molecular complexity index is 499. The molecular weight excluding hydrogens is 274 g/mol. The fraction of sp³-hybridized carbons (Fsp3) is 0.500. The number of allylic oxidation sites excluding steroid dienone is 3. The number of hydrogen-bond donors (Lipinski definition) is 0. The standard InChI is InChI=1S/C14H19N3O2S/c1-4-17-9-5-6-10(17)7-8-11-12(18)15(2)14(20)16(3)13(11)19/h7-8H,4-6,9H2,1-3H3/b10-7+. The largest absolute Gasteiger partial charge is 0.375 e. The minimum absolute atomic E-state index is 0.166. The quantitative estimate of drug-likeness (QED) is 0.435. The zero-order chi connectivity index (χ0) is 14.9. The fourth-order valence-corrected chi connectivity index (χ4v) is 2.64. The Morgan fingerprint density at radius 2 is 1.75 bits per heavy atom. The highest BCUT2D eigenvalue weighted by molar-refractivity contribution is 7.80. The molecule has 0 aromatic heterocycles. The summed E-state index contributed by atoms with van der Waals surface area (Å²) < 4.78 is 0. The van der Waals surface area contributed by atoms with Crippen molar-refractivity contribution in [2.45, 2.75) is 19.8 Å². The molecule has 0 unspecified atom stereocenters. The first kappa shape index (κ1) is 14.7. The van der Waals surface area contributed by atoms with E-state index in [1.807, 2.05) is 6.08 Å². The smallest absolute Gasteiger partial charge is 0.265 e. The molecule has 0 radical (unpaired) electrons. The molecule has 6 heteroatoms. The van der Waals surface area contributed by atoms with Gasteiger partial charge in [-0.2, -0.15) is 0 Å². The zero-order valence-corrected chi connectivity index (χ0v) is 12.9. The summed E-state index contributed by atoms with van der Waals surface area (Å²) in [5, 5.41) is 0.237. The predicted molar refractivity (Wildman–Crippen MR) is 80.8 cm³/mol. The lowest BCUT2D eigenvalue weighted by molar-refractivity contribution is -0.132. The number of amides is 2. The SMILES string of the molecule is CCN1CCC/C1=C\C=C1C(=O)N(C)C(=S)N(C)C1=O. The van der Waals surface area contributed by atoms with Gasteiger partial charge in [0, 0.05) is 32.9 Å². The molecule has 2 heterocycles. The lowest BCUT2D eigenvalue weighted by Crippen LogP contribution is -2.52. The second kappa shape index (κ2) is 5.75. The van der Waals surface area contributed by atoms with E-state index >= 15 is 0 Å². The van der Waals surface area contributed by atoms with Crippen molar-refractivity contribution in [1.82, 2.24) is 14.7 Å². The minimum Gasteiger partial charge on any atom is -0.375 e. The van der Waals surface area contributed by atoms with Crippen molar-refractivity contribution in [3.63, 3.8) is 0 Å². The minimum atomic E-state index is -0.337. The number of rotatable bonds is 2. The first-order valence-electron chi connectivity index (χ1n) is 6.73. The maximum atomic E-state index is 12.1. The summed E-state index contributed by atoms with van der Waals surface area (Å²) in [6.45, 7) is 4.08. The summed E-state index contributed by atoms with van der Waals surface area (Å²) in [6.07, 6.45) is 5.62. The fourth-order valence-electron chi connectivity index (χ4n) is 2.48. The molecule has 2 aliphatic heterocycles. The summed E-state index contributed by atoms with van der Waals surface area (Å²) >= 11 is 5.05. The Labute approximate surface area is 124 Å². The van der Waals surface area contributed by atoms with Gasteiger partial charge in [0.2, 0.25) is 0 Å². The summed E-state index contributed by atoms with van der Waals surface area (Å²) in [6, 6.07) is 0. The molecule has 0 saturated carbocycles. The Kier molecular flexibility index (Phi) is 4.23. The maximum absolute atomic E-state index is 12.1. The molecule has 0 bridgehead atoms. The number of thiocarbonyl (C=S) groups is 1. The van der Waals surface area contributed by atoms with Gasteiger partial charge in [-0.1, -0.05) is 0 Å². The highest BCUT2D eigenvalue weighted by Crippen LogP contribution is 2.21. The van der Waals surface area contributed by atoms with Gasteiger partial charge in [-0.25, -0.2) is 0 Å². The summed E-state index contributed by atoms with van der Waals surface area (Å²) in [5.74, 6) is -0.674. The number of carbonyl (C=O) groups excluding carboxylic acids is 2. The molecule has 2 fully saturated rings. The van der Waals surface area contributed by atoms with Crippen molar-refractivity contribution in [1.29, 1.82) is 0 Å². The Balaban J connectivity index is 2.28. The van der Waals surface area contributed by atoms with Gasteiger partial charge in [0.1, 0.15) is 5.57 Å². The van der Waals surface area contributed by atoms with Gasteiger partial charge in [0.05, 0.1) is 0 Å². The van der Waals surface area contributed by atoms with E-state index in [4.69, 9.17) is 12.2 Å². The van der Waals surface area contributed by atoms with Gasteiger partial charge < -0.3 is 4.90 Å². The van der Waals surface area contributed by atoms with Crippen LogP contribution in [0.15, 0.2) is 23.4 Å². The summed E-state index contributed by atoms with van der Waals surface area (Å²) in [5.41, 5.74) is 1.35. The van der Waals surface area contributed by atoms with E-state index in [-0.39, 0.29) is 22.5 Å². The van der Waals surface area contributed by atoms with Crippen LogP contribution >= 0.6 is 12.2 Å². The van der Waals surface area contributed by atoms with Crippen LogP contribution in [-0.4, -0.2) is 58.8 Å². The first-order valence-corrected chi connectivity index (χ1v) is 7.14. The van der Waals surface area contributed by atoms with Crippen LogP contribution in [-0.2, 0) is 9.59 Å². The number of nitrogens with zero attached hydrogens (tertiary/aromatic N) is 3. The van der Waals surface area contributed by atoms with E-state index in [9.17, 15) is 9.59 Å². The molecule has 2 rings (SSSR count). The van der Waals surface area contributed by atoms with Crippen LogP contribution in [0.4, 0.5) is 0 Å². The summed E-state index contributed by atoms with van der Waals surface area (Å²) in [4.78, 5) is 29.2. The van der Waals surface area contributed by atoms with Gasteiger partial charge in [-0.05, 0) is 44.1 Å². The van der Waals surface area contributed by atoms with Crippen molar-refractivity contribution >= 4 is 29.1 Å². The van der Waals surface area contributed by atoms with Crippen molar-refractivity contribution in [3.05, 3.63) is 23.4 Å². The highest BCUT2D eigenvalue weighted by atomic mass is 32.1. The lowest BCUT2D eigenvalue weighted by Gasteiger charge is -2.31. The molecule has 108 valence electrons. The number of likely N-dealkylation sites (N-methyl/N-ethyl adjacent to an activating group) is 2. The maximum Gasteiger partial charge on any atom is 0.265 e. The van der Waals surface area contributed by atoms with Gasteiger partial charge in [0.15, 0.2) is 5.11 Å². The average molecular weight is 293 g/mol. The van der Waals surface area contributed by atoms with E-state index in [0.717, 1.165) is 25.9 Å². The van der Waals surface area contributed by atoms with Crippen LogP contribution in [0.25, 0.3) is 0 Å². The molecule has 0 aromatic carbocycles. The molecule has 2 saturated heterocycles. The Morgan fingerprint density at radius 3 is 2.30 bits per heavy atom. The molecule has 0 N–H and O–H groups in total. The third-order valence-electron chi connectivity index (χ3n) is 3.74. The molecule has 2 aliphatic rings. The summed E-state index contributed by atoms with van der Waals surface area (Å²) in [7, 11) is 3.17. The second-order valence-electron chi connectivity index (χ2n) is 4.93. The molecule has 0 aliphatic carbocycles. The van der Waals surface area contributed by atoms with Crippen LogP contribution in [0.1, 0.15) is 19.8 Å². The van der Waals surface area contributed by atoms with E-state index in [2.05, 4.69) is 11.8 Å². The Morgan fingerprint density at radius 1 is 1.15 bits per heavy atom. The van der Waals surface area contributed by atoms with E-state index in [1.54, 1.807) is 20.2 Å². The molecule has 0 atom stereocenters. The van der Waals surface area contributed by atoms with Gasteiger partial charge in [-0.3, -0.25) is 19.4 Å². The van der Waals surface area contributed by atoms with E-state index < -0.39 is 0 Å². The monoisotopic (exact) mass is 293 g/mol. The third-order valence-corrected chi connectivity index (χ3v) is 4.28. The molecular formula is C14H19N3O2S. The molecule has 0 aromatic rings. The van der Waals surface area contributed by atoms with Crippen LogP contribution in [0.5, 0.6) is 0 Å². The van der Waals surface area contributed by atoms with Gasteiger partial charge in [-0.15, -0.1) is 0 Å². The topological polar surface area (TPSA) is 43.9 Å². The van der Waals surface area contributed by atoms with Gasteiger partial charge in [0.25, 0.3) is 11.8 Å². The van der Waals surface area contributed by atoms with Crippen molar-refractivity contribution in [2.24, 2.45) is 0 Å². The molecule has 0 spiro atoms. The number of carbonyl (C=O) groups is 2. The number of hydrogen-bond acceptors (Lipinski definition) is 4. The normalized spacial score (nSPS) is 22.4. The van der Waals surface area contributed by atoms with E-state index in [1.165, 1.54) is 15.5 Å². The van der Waals surface area contributed by atoms with Gasteiger partial charge >= 0.3 is 0 Å². The lowest BCUT2D eigenvalue weighted by atomic mass is 10.1.